The molecule has 1 aliphatic heterocycles. The van der Waals surface area contributed by atoms with Crippen LogP contribution in [0.15, 0.2) is 66.9 Å². The monoisotopic (exact) mass is 432 g/mol. The van der Waals surface area contributed by atoms with Crippen molar-refractivity contribution in [2.45, 2.75) is 49.9 Å². The van der Waals surface area contributed by atoms with E-state index in [-0.39, 0.29) is 23.0 Å². The molecule has 1 fully saturated rings. The Morgan fingerprint density at radius 2 is 1.47 bits per heavy atom. The van der Waals surface area contributed by atoms with Crippen molar-refractivity contribution < 1.29 is 8.78 Å². The van der Waals surface area contributed by atoms with Crippen molar-refractivity contribution in [2.24, 2.45) is 0 Å². The number of halogens is 2. The number of aromatic nitrogens is 1. The van der Waals surface area contributed by atoms with E-state index in [9.17, 15) is 8.78 Å². The number of fused-ring (bicyclic) bond motifs is 2. The first kappa shape index (κ1) is 21.3. The van der Waals surface area contributed by atoms with E-state index >= 15 is 0 Å². The summed E-state index contributed by atoms with van der Waals surface area (Å²) >= 11 is 0. The molecule has 2 aromatic carbocycles. The Balaban J connectivity index is 1.21. The van der Waals surface area contributed by atoms with Gasteiger partial charge in [0.15, 0.2) is 0 Å². The van der Waals surface area contributed by atoms with Crippen molar-refractivity contribution in [1.82, 2.24) is 9.88 Å². The number of rotatable bonds is 6. The number of piperidine rings is 1. The molecule has 1 saturated heterocycles. The highest BCUT2D eigenvalue weighted by Gasteiger charge is 2.42. The summed E-state index contributed by atoms with van der Waals surface area (Å²) in [5, 5.41) is 0. The number of likely N-dealkylation sites (tertiary alicyclic amines) is 1. The molecule has 0 amide bonds. The van der Waals surface area contributed by atoms with E-state index in [0.717, 1.165) is 43.6 Å². The van der Waals surface area contributed by atoms with Crippen LogP contribution >= 0.6 is 0 Å². The standard InChI is InChI=1S/C28H30F2N2/c29-24-9-5-21(6-10-24)26(22-7-11-25(30)12-8-22)4-2-18-32-19-15-28(16-20-32)14-13-23-3-1-17-31-27(23)28/h1,3,5-12,17,26H,2,4,13-16,18-20H2. The van der Waals surface area contributed by atoms with E-state index in [1.807, 2.05) is 30.5 Å². The third-order valence-electron chi connectivity index (χ3n) is 7.59. The highest BCUT2D eigenvalue weighted by molar-refractivity contribution is 5.35. The van der Waals surface area contributed by atoms with Crippen LogP contribution in [0.3, 0.4) is 0 Å². The Kier molecular flexibility index (Phi) is 6.05. The second kappa shape index (κ2) is 9.11. The quantitative estimate of drug-likeness (QED) is 0.458. The molecule has 0 unspecified atom stereocenters. The zero-order valence-electron chi connectivity index (χ0n) is 18.4. The maximum absolute atomic E-state index is 13.5. The summed E-state index contributed by atoms with van der Waals surface area (Å²) in [6, 6.07) is 17.8. The predicted octanol–water partition coefficient (Wildman–Crippen LogP) is 6.25. The van der Waals surface area contributed by atoms with Crippen LogP contribution in [0.4, 0.5) is 8.78 Å². The Labute approximate surface area is 189 Å². The molecule has 2 aliphatic rings. The number of pyridine rings is 1. The van der Waals surface area contributed by atoms with Gasteiger partial charge in [0, 0.05) is 23.2 Å². The van der Waals surface area contributed by atoms with E-state index in [1.54, 1.807) is 0 Å². The second-order valence-electron chi connectivity index (χ2n) is 9.43. The molecule has 1 spiro atoms. The molecule has 2 nitrogen and oxygen atoms in total. The third kappa shape index (κ3) is 4.33. The lowest BCUT2D eigenvalue weighted by Gasteiger charge is -2.39. The largest absolute Gasteiger partial charge is 0.303 e. The van der Waals surface area contributed by atoms with Gasteiger partial charge in [-0.05, 0) is 105 Å². The zero-order valence-corrected chi connectivity index (χ0v) is 18.4. The number of aryl methyl sites for hydroxylation is 1. The molecule has 4 heteroatoms. The molecular formula is C28H30F2N2. The van der Waals surface area contributed by atoms with Crippen LogP contribution in [0.1, 0.15) is 60.4 Å². The molecule has 1 aliphatic carbocycles. The molecule has 0 radical (unpaired) electrons. The number of hydrogen-bond donors (Lipinski definition) is 0. The van der Waals surface area contributed by atoms with Crippen molar-refractivity contribution >= 4 is 0 Å². The molecular weight excluding hydrogens is 402 g/mol. The van der Waals surface area contributed by atoms with Crippen LogP contribution in [-0.4, -0.2) is 29.5 Å². The first-order chi connectivity index (χ1) is 15.6. The topological polar surface area (TPSA) is 16.1 Å². The highest BCUT2D eigenvalue weighted by atomic mass is 19.1. The van der Waals surface area contributed by atoms with Crippen molar-refractivity contribution in [1.29, 1.82) is 0 Å². The fraction of sp³-hybridized carbons (Fsp3) is 0.393. The van der Waals surface area contributed by atoms with Gasteiger partial charge in [0.2, 0.25) is 0 Å². The first-order valence-corrected chi connectivity index (χ1v) is 11.8. The Hall–Kier alpha value is -2.59. The number of hydrogen-bond acceptors (Lipinski definition) is 2. The maximum atomic E-state index is 13.5. The van der Waals surface area contributed by atoms with Gasteiger partial charge in [0.25, 0.3) is 0 Å². The van der Waals surface area contributed by atoms with E-state index in [2.05, 4.69) is 17.0 Å². The average Bonchev–Trinajstić information content (AvgIpc) is 3.18. The first-order valence-electron chi connectivity index (χ1n) is 11.8. The van der Waals surface area contributed by atoms with Crippen LogP contribution in [0, 0.1) is 11.6 Å². The van der Waals surface area contributed by atoms with Crippen molar-refractivity contribution in [3.8, 4) is 0 Å². The van der Waals surface area contributed by atoms with Crippen LogP contribution in [0.25, 0.3) is 0 Å². The van der Waals surface area contributed by atoms with Crippen molar-refractivity contribution in [2.75, 3.05) is 19.6 Å². The normalized spacial score (nSPS) is 17.7. The minimum atomic E-state index is -0.225. The van der Waals surface area contributed by atoms with Gasteiger partial charge in [-0.1, -0.05) is 30.3 Å². The highest BCUT2D eigenvalue weighted by Crippen LogP contribution is 2.45. The van der Waals surface area contributed by atoms with Crippen LogP contribution < -0.4 is 0 Å². The lowest BCUT2D eigenvalue weighted by Crippen LogP contribution is -2.42. The van der Waals surface area contributed by atoms with E-state index in [0.29, 0.717) is 0 Å². The molecule has 0 saturated carbocycles. The third-order valence-corrected chi connectivity index (χ3v) is 7.59. The summed E-state index contributed by atoms with van der Waals surface area (Å²) in [7, 11) is 0. The Bertz CT molecular complexity index is 992. The van der Waals surface area contributed by atoms with Gasteiger partial charge in [-0.3, -0.25) is 4.98 Å². The lowest BCUT2D eigenvalue weighted by atomic mass is 9.76. The molecule has 1 aromatic heterocycles. The van der Waals surface area contributed by atoms with Crippen LogP contribution in [-0.2, 0) is 11.8 Å². The summed E-state index contributed by atoms with van der Waals surface area (Å²) in [6.45, 7) is 3.30. The number of benzene rings is 2. The van der Waals surface area contributed by atoms with Gasteiger partial charge in [0.1, 0.15) is 11.6 Å². The summed E-state index contributed by atoms with van der Waals surface area (Å²) in [5.41, 5.74) is 5.26. The average molecular weight is 433 g/mol. The molecule has 32 heavy (non-hydrogen) atoms. The summed E-state index contributed by atoms with van der Waals surface area (Å²) in [5.74, 6) is -0.299. The van der Waals surface area contributed by atoms with Gasteiger partial charge in [-0.15, -0.1) is 0 Å². The van der Waals surface area contributed by atoms with Gasteiger partial charge in [-0.2, -0.15) is 0 Å². The minimum Gasteiger partial charge on any atom is -0.303 e. The molecule has 166 valence electrons. The summed E-state index contributed by atoms with van der Waals surface area (Å²) in [4.78, 5) is 7.34. The summed E-state index contributed by atoms with van der Waals surface area (Å²) < 4.78 is 26.9. The fourth-order valence-electron chi connectivity index (χ4n) is 5.74. The summed E-state index contributed by atoms with van der Waals surface area (Å²) in [6.07, 6.45) is 8.76. The zero-order chi connectivity index (χ0) is 22.0. The van der Waals surface area contributed by atoms with Gasteiger partial charge >= 0.3 is 0 Å². The van der Waals surface area contributed by atoms with E-state index < -0.39 is 0 Å². The van der Waals surface area contributed by atoms with E-state index in [4.69, 9.17) is 4.98 Å². The molecule has 5 rings (SSSR count). The van der Waals surface area contributed by atoms with Crippen molar-refractivity contribution in [3.63, 3.8) is 0 Å². The van der Waals surface area contributed by atoms with Gasteiger partial charge in [0.05, 0.1) is 0 Å². The van der Waals surface area contributed by atoms with Crippen LogP contribution in [0.2, 0.25) is 0 Å². The SMILES string of the molecule is Fc1ccc(C(CCCN2CCC3(CCc4cccnc43)CC2)c2ccc(F)cc2)cc1. The molecule has 0 atom stereocenters. The molecule has 0 bridgehead atoms. The Morgan fingerprint density at radius 1 is 0.844 bits per heavy atom. The molecule has 0 N–H and O–H groups in total. The second-order valence-corrected chi connectivity index (χ2v) is 9.43. The lowest BCUT2D eigenvalue weighted by molar-refractivity contribution is 0.153. The molecule has 2 heterocycles. The van der Waals surface area contributed by atoms with E-state index in [1.165, 1.54) is 61.2 Å². The predicted molar refractivity (Wildman–Crippen MR) is 124 cm³/mol. The Morgan fingerprint density at radius 3 is 2.09 bits per heavy atom. The van der Waals surface area contributed by atoms with Gasteiger partial charge in [-0.25, -0.2) is 8.78 Å². The van der Waals surface area contributed by atoms with Gasteiger partial charge < -0.3 is 4.90 Å². The maximum Gasteiger partial charge on any atom is 0.123 e. The smallest absolute Gasteiger partial charge is 0.123 e. The minimum absolute atomic E-state index is 0.151. The number of nitrogens with zero attached hydrogens (tertiary/aromatic N) is 2. The van der Waals surface area contributed by atoms with Crippen molar-refractivity contribution in [3.05, 3.63) is 101 Å². The fourth-order valence-corrected chi connectivity index (χ4v) is 5.74. The molecule has 3 aromatic rings. The van der Waals surface area contributed by atoms with Crippen LogP contribution in [0.5, 0.6) is 0 Å².